The lowest BCUT2D eigenvalue weighted by atomic mass is 10.3. The zero-order chi connectivity index (χ0) is 16.9. The molecule has 0 unspecified atom stereocenters. The Labute approximate surface area is 137 Å². The third-order valence-corrected chi connectivity index (χ3v) is 3.27. The van der Waals surface area contributed by atoms with Gasteiger partial charge < -0.3 is 10.6 Å². The van der Waals surface area contributed by atoms with Gasteiger partial charge in [0.25, 0.3) is 0 Å². The summed E-state index contributed by atoms with van der Waals surface area (Å²) in [5, 5.41) is 5.75. The van der Waals surface area contributed by atoms with Crippen LogP contribution in [-0.4, -0.2) is 15.0 Å². The van der Waals surface area contributed by atoms with Crippen molar-refractivity contribution in [2.75, 3.05) is 10.6 Å². The van der Waals surface area contributed by atoms with Crippen LogP contribution in [0, 0.1) is 18.6 Å². The first-order valence-corrected chi connectivity index (χ1v) is 7.31. The summed E-state index contributed by atoms with van der Waals surface area (Å²) < 4.78 is 27.5. The highest BCUT2D eigenvalue weighted by atomic mass is 19.1. The molecule has 2 heterocycles. The van der Waals surface area contributed by atoms with Crippen LogP contribution in [0.25, 0.3) is 0 Å². The van der Waals surface area contributed by atoms with E-state index in [1.165, 1.54) is 18.2 Å². The van der Waals surface area contributed by atoms with Gasteiger partial charge in [-0.25, -0.2) is 13.8 Å². The Morgan fingerprint density at radius 3 is 2.42 bits per heavy atom. The van der Waals surface area contributed by atoms with E-state index in [9.17, 15) is 8.78 Å². The average molecular weight is 327 g/mol. The van der Waals surface area contributed by atoms with Crippen molar-refractivity contribution < 1.29 is 8.78 Å². The van der Waals surface area contributed by atoms with Crippen LogP contribution in [0.1, 0.15) is 11.3 Å². The average Bonchev–Trinajstić information content (AvgIpc) is 2.57. The zero-order valence-electron chi connectivity index (χ0n) is 12.9. The summed E-state index contributed by atoms with van der Waals surface area (Å²) in [6.45, 7) is 2.29. The first-order valence-electron chi connectivity index (χ1n) is 7.31. The molecule has 0 aliphatic rings. The largest absolute Gasteiger partial charge is 0.350 e. The van der Waals surface area contributed by atoms with E-state index in [2.05, 4.69) is 25.6 Å². The Hall–Kier alpha value is -3.09. The molecular formula is C17H15F2N5. The number of hydrogen-bond acceptors (Lipinski definition) is 5. The second kappa shape index (κ2) is 6.99. The number of nitrogens with zero attached hydrogens (tertiary/aromatic N) is 3. The molecule has 0 bridgehead atoms. The number of aryl methyl sites for hydroxylation is 1. The molecule has 0 fully saturated rings. The Kier molecular flexibility index (Phi) is 4.60. The first kappa shape index (κ1) is 15.8. The number of pyridine rings is 1. The van der Waals surface area contributed by atoms with Crippen molar-refractivity contribution in [1.82, 2.24) is 15.0 Å². The Balaban J connectivity index is 1.79. The van der Waals surface area contributed by atoms with E-state index < -0.39 is 11.6 Å². The molecule has 0 saturated heterocycles. The lowest BCUT2D eigenvalue weighted by Gasteiger charge is -2.11. The summed E-state index contributed by atoms with van der Waals surface area (Å²) in [6, 6.07) is 9.03. The van der Waals surface area contributed by atoms with E-state index in [1.54, 1.807) is 25.4 Å². The molecule has 0 aliphatic carbocycles. The van der Waals surface area contributed by atoms with Crippen LogP contribution >= 0.6 is 0 Å². The van der Waals surface area contributed by atoms with Gasteiger partial charge in [0.15, 0.2) is 0 Å². The van der Waals surface area contributed by atoms with Gasteiger partial charge in [0, 0.05) is 30.7 Å². The Bertz CT molecular complexity index is 819. The van der Waals surface area contributed by atoms with Gasteiger partial charge in [0.2, 0.25) is 5.95 Å². The maximum absolute atomic E-state index is 13.7. The number of hydrogen-bond donors (Lipinski definition) is 2. The van der Waals surface area contributed by atoms with Crippen molar-refractivity contribution in [2.45, 2.75) is 13.5 Å². The quantitative estimate of drug-likeness (QED) is 0.746. The third kappa shape index (κ3) is 3.81. The highest BCUT2D eigenvalue weighted by Gasteiger charge is 2.10. The minimum atomic E-state index is -0.683. The van der Waals surface area contributed by atoms with Crippen LogP contribution in [0.4, 0.5) is 26.2 Å². The Morgan fingerprint density at radius 2 is 1.71 bits per heavy atom. The maximum Gasteiger partial charge on any atom is 0.225 e. The molecule has 2 N–H and O–H groups in total. The summed E-state index contributed by atoms with van der Waals surface area (Å²) in [6.07, 6.45) is 3.39. The van der Waals surface area contributed by atoms with Crippen LogP contribution in [0.2, 0.25) is 0 Å². The molecule has 0 radical (unpaired) electrons. The van der Waals surface area contributed by atoms with E-state index in [4.69, 9.17) is 0 Å². The molecule has 0 aliphatic heterocycles. The van der Waals surface area contributed by atoms with E-state index in [-0.39, 0.29) is 5.69 Å². The Morgan fingerprint density at radius 1 is 1.00 bits per heavy atom. The van der Waals surface area contributed by atoms with Gasteiger partial charge in [-0.2, -0.15) is 4.98 Å². The van der Waals surface area contributed by atoms with Gasteiger partial charge in [-0.15, -0.1) is 0 Å². The standard InChI is InChI=1S/C17H15F2N5/c1-11-9-15(23-16-13(18)3-2-4-14(16)19)24-17(22-11)21-10-12-5-7-20-8-6-12/h2-9H,10H2,1H3,(H2,21,22,23,24). The molecule has 24 heavy (non-hydrogen) atoms. The minimum Gasteiger partial charge on any atom is -0.350 e. The first-order chi connectivity index (χ1) is 11.6. The number of halogens is 2. The molecule has 0 amide bonds. The van der Waals surface area contributed by atoms with Gasteiger partial charge in [-0.05, 0) is 36.8 Å². The van der Waals surface area contributed by atoms with Crippen molar-refractivity contribution in [3.63, 3.8) is 0 Å². The predicted octanol–water partition coefficient (Wildman–Crippen LogP) is 3.81. The normalized spacial score (nSPS) is 10.5. The summed E-state index contributed by atoms with van der Waals surface area (Å²) in [5.74, 6) is -0.690. The van der Waals surface area contributed by atoms with Gasteiger partial charge in [-0.1, -0.05) is 6.07 Å². The summed E-state index contributed by atoms with van der Waals surface area (Å²) in [4.78, 5) is 12.5. The number of anilines is 3. The van der Waals surface area contributed by atoms with Crippen molar-refractivity contribution in [3.05, 3.63) is 71.7 Å². The number of nitrogens with one attached hydrogen (secondary N) is 2. The number of para-hydroxylation sites is 1. The smallest absolute Gasteiger partial charge is 0.225 e. The van der Waals surface area contributed by atoms with Crippen LogP contribution < -0.4 is 10.6 Å². The predicted molar refractivity (Wildman–Crippen MR) is 88.0 cm³/mol. The van der Waals surface area contributed by atoms with E-state index in [0.717, 1.165) is 5.56 Å². The number of rotatable bonds is 5. The topological polar surface area (TPSA) is 62.7 Å². The molecule has 2 aromatic heterocycles. The van der Waals surface area contributed by atoms with Crippen LogP contribution in [-0.2, 0) is 6.54 Å². The van der Waals surface area contributed by atoms with Gasteiger partial charge in [-0.3, -0.25) is 4.98 Å². The fraction of sp³-hybridized carbons (Fsp3) is 0.118. The molecule has 3 aromatic rings. The summed E-state index contributed by atoms with van der Waals surface area (Å²) in [5.41, 5.74) is 1.45. The van der Waals surface area contributed by atoms with Crippen molar-refractivity contribution in [3.8, 4) is 0 Å². The molecule has 122 valence electrons. The fourth-order valence-corrected chi connectivity index (χ4v) is 2.14. The minimum absolute atomic E-state index is 0.240. The zero-order valence-corrected chi connectivity index (χ0v) is 12.9. The van der Waals surface area contributed by atoms with Crippen LogP contribution in [0.3, 0.4) is 0 Å². The lowest BCUT2D eigenvalue weighted by Crippen LogP contribution is -2.07. The van der Waals surface area contributed by atoms with Crippen LogP contribution in [0.5, 0.6) is 0 Å². The second-order valence-corrected chi connectivity index (χ2v) is 5.15. The SMILES string of the molecule is Cc1cc(Nc2c(F)cccc2F)nc(NCc2ccncc2)n1. The molecule has 1 aromatic carbocycles. The van der Waals surface area contributed by atoms with Crippen LogP contribution in [0.15, 0.2) is 48.8 Å². The van der Waals surface area contributed by atoms with Gasteiger partial charge in [0.05, 0.1) is 0 Å². The van der Waals surface area contributed by atoms with Crippen molar-refractivity contribution in [1.29, 1.82) is 0 Å². The highest BCUT2D eigenvalue weighted by Crippen LogP contribution is 2.23. The monoisotopic (exact) mass is 327 g/mol. The molecule has 0 saturated carbocycles. The van der Waals surface area contributed by atoms with E-state index in [1.807, 2.05) is 12.1 Å². The summed E-state index contributed by atoms with van der Waals surface area (Å²) >= 11 is 0. The number of aromatic nitrogens is 3. The second-order valence-electron chi connectivity index (χ2n) is 5.15. The van der Waals surface area contributed by atoms with Crippen molar-refractivity contribution in [2.24, 2.45) is 0 Å². The van der Waals surface area contributed by atoms with E-state index >= 15 is 0 Å². The molecular weight excluding hydrogens is 312 g/mol. The highest BCUT2D eigenvalue weighted by molar-refractivity contribution is 5.59. The van der Waals surface area contributed by atoms with Gasteiger partial charge >= 0.3 is 0 Å². The molecule has 0 atom stereocenters. The molecule has 3 rings (SSSR count). The van der Waals surface area contributed by atoms with E-state index in [0.29, 0.717) is 24.0 Å². The molecule has 5 nitrogen and oxygen atoms in total. The molecule has 7 heteroatoms. The fourth-order valence-electron chi connectivity index (χ4n) is 2.14. The summed E-state index contributed by atoms with van der Waals surface area (Å²) in [7, 11) is 0. The molecule has 0 spiro atoms. The lowest BCUT2D eigenvalue weighted by molar-refractivity contribution is 0.590. The third-order valence-electron chi connectivity index (χ3n) is 3.27. The van der Waals surface area contributed by atoms with Crippen molar-refractivity contribution >= 4 is 17.5 Å². The number of benzene rings is 1. The maximum atomic E-state index is 13.7. The van der Waals surface area contributed by atoms with Gasteiger partial charge in [0.1, 0.15) is 23.1 Å².